The topological polar surface area (TPSA) is 63.3 Å². The van der Waals surface area contributed by atoms with E-state index in [0.29, 0.717) is 5.82 Å². The van der Waals surface area contributed by atoms with Gasteiger partial charge in [0, 0.05) is 22.4 Å². The van der Waals surface area contributed by atoms with E-state index in [1.165, 1.54) is 6.33 Å². The lowest BCUT2D eigenvalue weighted by molar-refractivity contribution is 0.618. The minimum Gasteiger partial charge on any atom is -0.456 e. The van der Waals surface area contributed by atoms with Crippen LogP contribution < -0.4 is 10.8 Å². The van der Waals surface area contributed by atoms with Crippen LogP contribution in [-0.2, 0) is 0 Å². The van der Waals surface area contributed by atoms with Gasteiger partial charge in [-0.2, -0.15) is 5.10 Å². The standard InChI is InChI=1S/C23H16N4O/c1-2-8-16(9-3-1)22-14-20(17-10-5-7-13-21(17)28-22)26-27-23-18-11-4-6-12-19(18)24-15-25-23/h1-15H,(H,24,25,27). The van der Waals surface area contributed by atoms with Crippen LogP contribution in [0.3, 0.4) is 0 Å². The summed E-state index contributed by atoms with van der Waals surface area (Å²) in [5.74, 6) is 1.42. The van der Waals surface area contributed by atoms with Crippen LogP contribution in [0.5, 0.6) is 0 Å². The lowest BCUT2D eigenvalue weighted by atomic mass is 10.1. The third-order valence-electron chi connectivity index (χ3n) is 4.53. The van der Waals surface area contributed by atoms with Crippen LogP contribution in [0.1, 0.15) is 0 Å². The molecule has 5 aromatic rings. The molecule has 5 rings (SSSR count). The Kier molecular flexibility index (Phi) is 4.03. The first-order chi connectivity index (χ1) is 13.9. The van der Waals surface area contributed by atoms with E-state index in [-0.39, 0.29) is 0 Å². The summed E-state index contributed by atoms with van der Waals surface area (Å²) in [6.07, 6.45) is 1.54. The Labute approximate surface area is 161 Å². The number of para-hydroxylation sites is 2. The van der Waals surface area contributed by atoms with Crippen molar-refractivity contribution in [2.24, 2.45) is 5.10 Å². The normalized spacial score (nSPS) is 11.8. The first kappa shape index (κ1) is 16.2. The van der Waals surface area contributed by atoms with E-state index in [1.54, 1.807) is 0 Å². The first-order valence-corrected chi connectivity index (χ1v) is 8.96. The van der Waals surface area contributed by atoms with E-state index in [4.69, 9.17) is 4.42 Å². The average Bonchev–Trinajstić information content (AvgIpc) is 2.78. The molecule has 0 spiro atoms. The fourth-order valence-corrected chi connectivity index (χ4v) is 3.16. The minimum absolute atomic E-state index is 0.664. The Hall–Kier alpha value is -3.99. The zero-order valence-corrected chi connectivity index (χ0v) is 14.9. The van der Waals surface area contributed by atoms with Gasteiger partial charge in [-0.05, 0) is 24.3 Å². The molecule has 0 fully saturated rings. The monoisotopic (exact) mass is 364 g/mol. The van der Waals surface area contributed by atoms with E-state index in [9.17, 15) is 0 Å². The van der Waals surface area contributed by atoms with Gasteiger partial charge in [0.25, 0.3) is 0 Å². The van der Waals surface area contributed by atoms with Gasteiger partial charge < -0.3 is 4.42 Å². The Morgan fingerprint density at radius 2 is 1.50 bits per heavy atom. The molecule has 0 aliphatic carbocycles. The maximum absolute atomic E-state index is 6.10. The van der Waals surface area contributed by atoms with Crippen LogP contribution in [-0.4, -0.2) is 9.97 Å². The molecule has 0 aliphatic rings. The van der Waals surface area contributed by atoms with Crippen LogP contribution in [0.4, 0.5) is 5.82 Å². The van der Waals surface area contributed by atoms with Crippen molar-refractivity contribution in [3.63, 3.8) is 0 Å². The summed E-state index contributed by atoms with van der Waals surface area (Å²) in [4.78, 5) is 8.64. The smallest absolute Gasteiger partial charge is 0.157 e. The van der Waals surface area contributed by atoms with Gasteiger partial charge in [0.2, 0.25) is 0 Å². The first-order valence-electron chi connectivity index (χ1n) is 8.96. The lowest BCUT2D eigenvalue weighted by Gasteiger charge is -2.06. The third kappa shape index (κ3) is 2.99. The van der Waals surface area contributed by atoms with E-state index in [0.717, 1.165) is 38.6 Å². The molecule has 134 valence electrons. The van der Waals surface area contributed by atoms with Gasteiger partial charge in [0.05, 0.1) is 10.9 Å². The molecule has 0 saturated heterocycles. The lowest BCUT2D eigenvalue weighted by Crippen LogP contribution is -2.08. The van der Waals surface area contributed by atoms with Crippen molar-refractivity contribution in [2.45, 2.75) is 0 Å². The number of anilines is 1. The number of nitrogens with one attached hydrogen (secondary N) is 1. The van der Waals surface area contributed by atoms with Gasteiger partial charge in [-0.25, -0.2) is 9.97 Å². The Bertz CT molecular complexity index is 1340. The summed E-state index contributed by atoms with van der Waals surface area (Å²) in [5.41, 5.74) is 5.75. The van der Waals surface area contributed by atoms with Crippen LogP contribution in [0.2, 0.25) is 0 Å². The van der Waals surface area contributed by atoms with E-state index in [2.05, 4.69) is 20.5 Å². The highest BCUT2D eigenvalue weighted by molar-refractivity contribution is 5.88. The fourth-order valence-electron chi connectivity index (χ4n) is 3.16. The molecular weight excluding hydrogens is 348 g/mol. The summed E-state index contributed by atoms with van der Waals surface area (Å²) in [7, 11) is 0. The van der Waals surface area contributed by atoms with Gasteiger partial charge in [-0.1, -0.05) is 54.6 Å². The molecule has 28 heavy (non-hydrogen) atoms. The fraction of sp³-hybridized carbons (Fsp3) is 0. The van der Waals surface area contributed by atoms with Crippen LogP contribution in [0, 0.1) is 0 Å². The largest absolute Gasteiger partial charge is 0.456 e. The van der Waals surface area contributed by atoms with Crippen LogP contribution in [0.25, 0.3) is 33.2 Å². The molecule has 0 bridgehead atoms. The average molecular weight is 364 g/mol. The third-order valence-corrected chi connectivity index (χ3v) is 4.53. The maximum atomic E-state index is 6.10. The summed E-state index contributed by atoms with van der Waals surface area (Å²) < 4.78 is 6.10. The number of rotatable bonds is 3. The molecule has 1 N–H and O–H groups in total. The Morgan fingerprint density at radius 3 is 2.39 bits per heavy atom. The van der Waals surface area contributed by atoms with E-state index < -0.39 is 0 Å². The molecule has 0 amide bonds. The number of nitrogens with zero attached hydrogens (tertiary/aromatic N) is 3. The van der Waals surface area contributed by atoms with Crippen molar-refractivity contribution < 1.29 is 4.42 Å². The predicted molar refractivity (Wildman–Crippen MR) is 110 cm³/mol. The second-order valence-electron chi connectivity index (χ2n) is 6.32. The molecule has 2 aromatic heterocycles. The molecule has 5 nitrogen and oxygen atoms in total. The van der Waals surface area contributed by atoms with E-state index in [1.807, 2.05) is 84.9 Å². The zero-order chi connectivity index (χ0) is 18.8. The molecule has 0 unspecified atom stereocenters. The van der Waals surface area contributed by atoms with Crippen molar-refractivity contribution in [1.29, 1.82) is 0 Å². The summed E-state index contributed by atoms with van der Waals surface area (Å²) >= 11 is 0. The zero-order valence-electron chi connectivity index (χ0n) is 14.9. The maximum Gasteiger partial charge on any atom is 0.157 e. The molecule has 0 atom stereocenters. The van der Waals surface area contributed by atoms with Gasteiger partial charge in [0.1, 0.15) is 17.7 Å². The number of hydrogen-bond donors (Lipinski definition) is 1. The number of fused-ring (bicyclic) bond motifs is 2. The highest BCUT2D eigenvalue weighted by Crippen LogP contribution is 2.22. The SMILES string of the molecule is c1ccc(-c2cc(=NNc3ncnc4ccccc34)c3ccccc3o2)cc1. The highest BCUT2D eigenvalue weighted by atomic mass is 16.3. The second kappa shape index (κ2) is 6.96. The minimum atomic E-state index is 0.664. The predicted octanol–water partition coefficient (Wildman–Crippen LogP) is 4.97. The van der Waals surface area contributed by atoms with E-state index >= 15 is 0 Å². The van der Waals surface area contributed by atoms with Crippen molar-refractivity contribution in [2.75, 3.05) is 5.43 Å². The number of benzene rings is 3. The molecule has 0 radical (unpaired) electrons. The van der Waals surface area contributed by atoms with Crippen molar-refractivity contribution in [3.05, 3.63) is 96.6 Å². The number of aromatic nitrogens is 2. The molecule has 5 heteroatoms. The van der Waals surface area contributed by atoms with Crippen LogP contribution >= 0.6 is 0 Å². The Balaban J connectivity index is 1.67. The van der Waals surface area contributed by atoms with Gasteiger partial charge in [-0.3, -0.25) is 5.43 Å². The molecule has 2 heterocycles. The van der Waals surface area contributed by atoms with Crippen molar-refractivity contribution >= 4 is 27.7 Å². The summed E-state index contributed by atoms with van der Waals surface area (Å²) in [6.45, 7) is 0. The van der Waals surface area contributed by atoms with Gasteiger partial charge >= 0.3 is 0 Å². The van der Waals surface area contributed by atoms with Crippen LogP contribution in [0.15, 0.2) is 101 Å². The van der Waals surface area contributed by atoms with Crippen molar-refractivity contribution in [1.82, 2.24) is 9.97 Å². The molecular formula is C23H16N4O. The quantitative estimate of drug-likeness (QED) is 0.459. The van der Waals surface area contributed by atoms with Gasteiger partial charge in [-0.15, -0.1) is 0 Å². The Morgan fingerprint density at radius 1 is 0.750 bits per heavy atom. The second-order valence-corrected chi connectivity index (χ2v) is 6.32. The summed E-state index contributed by atoms with van der Waals surface area (Å²) in [5, 5.41) is 7.26. The van der Waals surface area contributed by atoms with Crippen molar-refractivity contribution in [3.8, 4) is 11.3 Å². The van der Waals surface area contributed by atoms with Gasteiger partial charge in [0.15, 0.2) is 5.82 Å². The molecule has 0 saturated carbocycles. The summed E-state index contributed by atoms with van der Waals surface area (Å²) in [6, 6.07) is 27.6. The molecule has 0 aliphatic heterocycles. The highest BCUT2D eigenvalue weighted by Gasteiger charge is 2.06. The number of hydrogen-bond acceptors (Lipinski definition) is 5. The molecule has 3 aromatic carbocycles.